The zero-order valence-electron chi connectivity index (χ0n) is 7.16. The Hall–Kier alpha value is -0.760. The Balaban J connectivity index is 3.94. The molecule has 0 amide bonds. The zero-order chi connectivity index (χ0) is 10.5. The molecule has 0 aromatic heterocycles. The van der Waals surface area contributed by atoms with Crippen molar-refractivity contribution in [1.82, 2.24) is 5.32 Å². The minimum atomic E-state index is -4.01. The van der Waals surface area contributed by atoms with Crippen molar-refractivity contribution in [2.24, 2.45) is 0 Å². The van der Waals surface area contributed by atoms with Gasteiger partial charge < -0.3 is 0 Å². The Morgan fingerprint density at radius 3 is 2.31 bits per heavy atom. The molecule has 0 aromatic carbocycles. The van der Waals surface area contributed by atoms with Crippen LogP contribution in [0.15, 0.2) is 0 Å². The topological polar surface area (TPSA) is 12.0 Å². The van der Waals surface area contributed by atoms with E-state index in [0.29, 0.717) is 6.42 Å². The Kier molecular flexibility index (Phi) is 4.78. The number of rotatable bonds is 5. The van der Waals surface area contributed by atoms with Gasteiger partial charge in [-0.25, -0.2) is 8.78 Å². The summed E-state index contributed by atoms with van der Waals surface area (Å²) in [7, 11) is 0. The van der Waals surface area contributed by atoms with Crippen LogP contribution in [-0.4, -0.2) is 24.9 Å². The summed E-state index contributed by atoms with van der Waals surface area (Å²) in [6.45, 7) is 0.589. The normalized spacial score (nSPS) is 14.2. The highest BCUT2D eigenvalue weighted by molar-refractivity contribution is 4.98. The van der Waals surface area contributed by atoms with E-state index >= 15 is 0 Å². The molecule has 5 heteroatoms. The molecule has 0 aliphatic rings. The van der Waals surface area contributed by atoms with Crippen molar-refractivity contribution in [3.63, 3.8) is 0 Å². The largest absolute Gasteiger partial charge is 0.319 e. The average molecular weight is 197 g/mol. The Labute approximate surface area is 74.5 Å². The third-order valence-corrected chi connectivity index (χ3v) is 1.51. The molecule has 76 valence electrons. The van der Waals surface area contributed by atoms with E-state index in [2.05, 4.69) is 11.2 Å². The molecule has 0 radical (unpaired) electrons. The molecule has 0 saturated carbocycles. The van der Waals surface area contributed by atoms with Crippen LogP contribution in [0, 0.1) is 12.3 Å². The fourth-order valence-corrected chi connectivity index (χ4v) is 0.658. The van der Waals surface area contributed by atoms with Crippen LogP contribution in [0.5, 0.6) is 0 Å². The molecule has 0 aromatic rings. The standard InChI is InChI=1S/C8H11F4N/c1-3-6(4-2)13-5-8(11,12)7(9)10/h1,6-7,13H,4-5H2,2H3. The molecular weight excluding hydrogens is 186 g/mol. The van der Waals surface area contributed by atoms with E-state index in [0.717, 1.165) is 0 Å². The minimum Gasteiger partial charge on any atom is -0.298 e. The molecule has 1 N–H and O–H groups in total. The zero-order valence-corrected chi connectivity index (χ0v) is 7.16. The summed E-state index contributed by atoms with van der Waals surface area (Å²) < 4.78 is 47.9. The van der Waals surface area contributed by atoms with E-state index in [9.17, 15) is 17.6 Å². The van der Waals surface area contributed by atoms with Gasteiger partial charge in [0.1, 0.15) is 0 Å². The molecule has 0 aliphatic carbocycles. The second-order valence-corrected chi connectivity index (χ2v) is 2.57. The number of hydrogen-bond acceptors (Lipinski definition) is 1. The average Bonchev–Trinajstić information content (AvgIpc) is 2.06. The lowest BCUT2D eigenvalue weighted by Gasteiger charge is -2.18. The van der Waals surface area contributed by atoms with E-state index < -0.39 is 24.9 Å². The molecular formula is C8H11F4N. The van der Waals surface area contributed by atoms with Gasteiger partial charge in [-0.1, -0.05) is 12.8 Å². The van der Waals surface area contributed by atoms with Gasteiger partial charge in [0.2, 0.25) is 0 Å². The lowest BCUT2D eigenvalue weighted by Crippen LogP contribution is -2.42. The van der Waals surface area contributed by atoms with E-state index in [1.54, 1.807) is 6.92 Å². The lowest BCUT2D eigenvalue weighted by atomic mass is 10.2. The molecule has 0 fully saturated rings. The maximum Gasteiger partial charge on any atom is 0.319 e. The number of hydrogen-bond donors (Lipinski definition) is 1. The first-order valence-corrected chi connectivity index (χ1v) is 3.79. The van der Waals surface area contributed by atoms with Crippen LogP contribution in [0.1, 0.15) is 13.3 Å². The van der Waals surface area contributed by atoms with Crippen LogP contribution in [0.3, 0.4) is 0 Å². The van der Waals surface area contributed by atoms with E-state index in [1.165, 1.54) is 0 Å². The highest BCUT2D eigenvalue weighted by Gasteiger charge is 2.40. The maximum atomic E-state index is 12.3. The third-order valence-electron chi connectivity index (χ3n) is 1.51. The quantitative estimate of drug-likeness (QED) is 0.524. The Morgan fingerprint density at radius 1 is 1.46 bits per heavy atom. The monoisotopic (exact) mass is 197 g/mol. The predicted molar refractivity (Wildman–Crippen MR) is 41.9 cm³/mol. The van der Waals surface area contributed by atoms with Gasteiger partial charge in [0.05, 0.1) is 12.6 Å². The molecule has 1 atom stereocenters. The van der Waals surface area contributed by atoms with E-state index in [1.807, 2.05) is 0 Å². The highest BCUT2D eigenvalue weighted by Crippen LogP contribution is 2.21. The molecule has 0 heterocycles. The molecule has 1 nitrogen and oxygen atoms in total. The van der Waals surface area contributed by atoms with Crippen LogP contribution < -0.4 is 5.32 Å². The first-order chi connectivity index (χ1) is 5.94. The first-order valence-electron chi connectivity index (χ1n) is 3.79. The fourth-order valence-electron chi connectivity index (χ4n) is 0.658. The van der Waals surface area contributed by atoms with Crippen LogP contribution >= 0.6 is 0 Å². The van der Waals surface area contributed by atoms with Gasteiger partial charge in [0.15, 0.2) is 0 Å². The van der Waals surface area contributed by atoms with Gasteiger partial charge in [0.25, 0.3) is 0 Å². The minimum absolute atomic E-state index is 0.426. The van der Waals surface area contributed by atoms with Crippen molar-refractivity contribution < 1.29 is 17.6 Å². The number of nitrogens with one attached hydrogen (secondary N) is 1. The van der Waals surface area contributed by atoms with Gasteiger partial charge in [-0.15, -0.1) is 6.42 Å². The molecule has 0 spiro atoms. The van der Waals surface area contributed by atoms with E-state index in [-0.39, 0.29) is 0 Å². The van der Waals surface area contributed by atoms with Gasteiger partial charge in [-0.05, 0) is 6.42 Å². The van der Waals surface area contributed by atoms with Crippen LogP contribution in [0.4, 0.5) is 17.6 Å². The predicted octanol–water partition coefficient (Wildman–Crippen LogP) is 1.89. The van der Waals surface area contributed by atoms with Crippen LogP contribution in [0.25, 0.3) is 0 Å². The van der Waals surface area contributed by atoms with Crippen molar-refractivity contribution in [3.8, 4) is 12.3 Å². The summed E-state index contributed by atoms with van der Waals surface area (Å²) in [6.07, 6.45) is 1.71. The third kappa shape index (κ3) is 4.13. The van der Waals surface area contributed by atoms with Crippen molar-refractivity contribution in [2.75, 3.05) is 6.54 Å². The molecule has 0 saturated heterocycles. The Morgan fingerprint density at radius 2 is 2.00 bits per heavy atom. The SMILES string of the molecule is C#CC(CC)NCC(F)(F)C(F)F. The number of terminal acetylenes is 1. The fraction of sp³-hybridized carbons (Fsp3) is 0.750. The molecule has 0 aliphatic heterocycles. The number of alkyl halides is 4. The second-order valence-electron chi connectivity index (χ2n) is 2.57. The maximum absolute atomic E-state index is 12.3. The highest BCUT2D eigenvalue weighted by atomic mass is 19.3. The molecule has 1 unspecified atom stereocenters. The van der Waals surface area contributed by atoms with Crippen LogP contribution in [0.2, 0.25) is 0 Å². The lowest BCUT2D eigenvalue weighted by molar-refractivity contribution is -0.125. The van der Waals surface area contributed by atoms with Crippen molar-refractivity contribution in [1.29, 1.82) is 0 Å². The van der Waals surface area contributed by atoms with Crippen molar-refractivity contribution in [2.45, 2.75) is 31.7 Å². The summed E-state index contributed by atoms with van der Waals surface area (Å²) in [5.74, 6) is -1.84. The van der Waals surface area contributed by atoms with Crippen molar-refractivity contribution >= 4 is 0 Å². The van der Waals surface area contributed by atoms with Crippen molar-refractivity contribution in [3.05, 3.63) is 0 Å². The summed E-state index contributed by atoms with van der Waals surface area (Å²) in [5.41, 5.74) is 0. The molecule has 13 heavy (non-hydrogen) atoms. The first kappa shape index (κ1) is 12.2. The van der Waals surface area contributed by atoms with Gasteiger partial charge in [-0.2, -0.15) is 8.78 Å². The second kappa shape index (κ2) is 5.07. The molecule has 0 bridgehead atoms. The molecule has 0 rings (SSSR count). The summed E-state index contributed by atoms with van der Waals surface area (Å²) >= 11 is 0. The van der Waals surface area contributed by atoms with Crippen LogP contribution in [-0.2, 0) is 0 Å². The summed E-state index contributed by atoms with van der Waals surface area (Å²) in [4.78, 5) is 0. The Bertz CT molecular complexity index is 185. The summed E-state index contributed by atoms with van der Waals surface area (Å²) in [6, 6.07) is -0.579. The summed E-state index contributed by atoms with van der Waals surface area (Å²) in [5, 5.41) is 2.17. The van der Waals surface area contributed by atoms with E-state index in [4.69, 9.17) is 6.42 Å². The van der Waals surface area contributed by atoms with Gasteiger partial charge >= 0.3 is 12.3 Å². The van der Waals surface area contributed by atoms with Gasteiger partial charge in [0, 0.05) is 0 Å². The smallest absolute Gasteiger partial charge is 0.298 e. The number of halogens is 4. The van der Waals surface area contributed by atoms with Gasteiger partial charge in [-0.3, -0.25) is 5.32 Å².